The first-order valence-electron chi connectivity index (χ1n) is 11.7. The lowest BCUT2D eigenvalue weighted by atomic mass is 9.53. The van der Waals surface area contributed by atoms with Crippen molar-refractivity contribution in [2.24, 2.45) is 35.3 Å². The van der Waals surface area contributed by atoms with E-state index >= 15 is 0 Å². The number of nitrogens with two attached hydrogens (primary N) is 1. The van der Waals surface area contributed by atoms with Gasteiger partial charge in [-0.15, -0.1) is 0 Å². The Morgan fingerprint density at radius 3 is 2.47 bits per heavy atom. The topological polar surface area (TPSA) is 164 Å². The number of carbonyl (C=O) groups is 5. The van der Waals surface area contributed by atoms with Crippen molar-refractivity contribution >= 4 is 34.7 Å². The SMILES string of the molecule is CCc1cc(NCC(C)C)c(O)c2c1C[C@H]1C[C@H]3CC(=O)C(C(N)=O)C(=O)[C@@]3(O)C(=O)C1C2=O. The summed E-state index contributed by atoms with van der Waals surface area (Å²) in [6.07, 6.45) is 0.656. The number of fused-ring (bicyclic) bond motifs is 3. The van der Waals surface area contributed by atoms with Crippen LogP contribution in [0.25, 0.3) is 0 Å². The lowest BCUT2D eigenvalue weighted by molar-refractivity contribution is -0.175. The summed E-state index contributed by atoms with van der Waals surface area (Å²) in [6, 6.07) is 1.82. The Morgan fingerprint density at radius 1 is 1.21 bits per heavy atom. The average Bonchev–Trinajstić information content (AvgIpc) is 2.75. The Balaban J connectivity index is 1.79. The van der Waals surface area contributed by atoms with Gasteiger partial charge in [0.2, 0.25) is 5.91 Å². The summed E-state index contributed by atoms with van der Waals surface area (Å²) in [4.78, 5) is 64.3. The third kappa shape index (κ3) is 3.36. The summed E-state index contributed by atoms with van der Waals surface area (Å²) in [7, 11) is 0. The number of aryl methyl sites for hydroxylation is 1. The van der Waals surface area contributed by atoms with Crippen LogP contribution in [0.15, 0.2) is 6.07 Å². The largest absolute Gasteiger partial charge is 0.505 e. The van der Waals surface area contributed by atoms with Crippen molar-refractivity contribution in [1.29, 1.82) is 0 Å². The van der Waals surface area contributed by atoms with Crippen LogP contribution < -0.4 is 11.1 Å². The predicted octanol–water partition coefficient (Wildman–Crippen LogP) is 0.957. The van der Waals surface area contributed by atoms with Gasteiger partial charge in [0.05, 0.1) is 17.2 Å². The molecule has 3 aliphatic rings. The number of anilines is 1. The normalized spacial score (nSPS) is 30.6. The minimum atomic E-state index is -2.63. The molecule has 0 aromatic heterocycles. The minimum absolute atomic E-state index is 0.0352. The highest BCUT2D eigenvalue weighted by Gasteiger charge is 2.66. The highest BCUT2D eigenvalue weighted by molar-refractivity contribution is 6.31. The lowest BCUT2D eigenvalue weighted by Crippen LogP contribution is -2.68. The molecule has 0 aliphatic heterocycles. The number of phenolic OH excluding ortho intramolecular Hbond substituents is 1. The molecule has 9 nitrogen and oxygen atoms in total. The smallest absolute Gasteiger partial charge is 0.235 e. The molecule has 0 radical (unpaired) electrons. The van der Waals surface area contributed by atoms with Crippen LogP contribution in [0.4, 0.5) is 5.69 Å². The van der Waals surface area contributed by atoms with Gasteiger partial charge in [-0.3, -0.25) is 24.0 Å². The van der Waals surface area contributed by atoms with Crippen molar-refractivity contribution in [3.63, 3.8) is 0 Å². The van der Waals surface area contributed by atoms with Crippen molar-refractivity contribution in [2.75, 3.05) is 11.9 Å². The quantitative estimate of drug-likeness (QED) is 0.365. The number of hydrogen-bond donors (Lipinski definition) is 4. The third-order valence-electron chi connectivity index (χ3n) is 7.58. The number of aromatic hydroxyl groups is 1. The van der Waals surface area contributed by atoms with Gasteiger partial charge in [0.1, 0.15) is 5.75 Å². The molecule has 0 spiro atoms. The molecule has 9 heteroatoms. The van der Waals surface area contributed by atoms with Crippen LogP contribution in [0.2, 0.25) is 0 Å². The second kappa shape index (κ2) is 8.30. The molecule has 0 heterocycles. The fourth-order valence-electron chi connectivity index (χ4n) is 5.88. The van der Waals surface area contributed by atoms with Gasteiger partial charge in [0, 0.05) is 18.9 Å². The Morgan fingerprint density at radius 2 is 1.88 bits per heavy atom. The third-order valence-corrected chi connectivity index (χ3v) is 7.58. The van der Waals surface area contributed by atoms with Crippen molar-refractivity contribution in [1.82, 2.24) is 0 Å². The standard InChI is InChI=1S/C25H30N2O7/c1-4-11-7-15(27-9-10(2)3)20(29)18-14(11)6-12-5-13-8-16(28)19(24(26)33)23(32)25(13,34)22(31)17(12)21(18)30/h7,10,12-13,17,19,27,29,34H,4-6,8-9H2,1-3H3,(H2,26,33)/t12-,13+,17?,19?,25+/m1/s1. The first-order chi connectivity index (χ1) is 15.9. The summed E-state index contributed by atoms with van der Waals surface area (Å²) < 4.78 is 0. The maximum atomic E-state index is 13.7. The van der Waals surface area contributed by atoms with Gasteiger partial charge in [-0.1, -0.05) is 20.8 Å². The molecule has 0 bridgehead atoms. The van der Waals surface area contributed by atoms with Crippen LogP contribution in [0.3, 0.4) is 0 Å². The molecule has 3 aliphatic carbocycles. The van der Waals surface area contributed by atoms with Crippen LogP contribution in [-0.2, 0) is 32.0 Å². The first kappa shape index (κ1) is 24.1. The maximum Gasteiger partial charge on any atom is 0.235 e. The number of carbonyl (C=O) groups excluding carboxylic acids is 5. The number of amides is 1. The van der Waals surface area contributed by atoms with E-state index in [0.29, 0.717) is 30.6 Å². The van der Waals surface area contributed by atoms with E-state index in [0.717, 1.165) is 5.56 Å². The van der Waals surface area contributed by atoms with Gasteiger partial charge in [-0.2, -0.15) is 0 Å². The summed E-state index contributed by atoms with van der Waals surface area (Å²) >= 11 is 0. The van der Waals surface area contributed by atoms with Crippen LogP contribution in [-0.4, -0.2) is 51.4 Å². The maximum absolute atomic E-state index is 13.7. The summed E-state index contributed by atoms with van der Waals surface area (Å²) in [5, 5.41) is 25.4. The second-order valence-electron chi connectivity index (χ2n) is 10.2. The molecule has 2 fully saturated rings. The van der Waals surface area contributed by atoms with Crippen LogP contribution in [0.5, 0.6) is 5.75 Å². The van der Waals surface area contributed by atoms with E-state index in [2.05, 4.69) is 5.32 Å². The summed E-state index contributed by atoms with van der Waals surface area (Å²) in [5.41, 5.74) is 4.53. The summed E-state index contributed by atoms with van der Waals surface area (Å²) in [6.45, 7) is 6.50. The first-order valence-corrected chi connectivity index (χ1v) is 11.7. The van der Waals surface area contributed by atoms with Gasteiger partial charge < -0.3 is 21.3 Å². The molecule has 182 valence electrons. The zero-order valence-corrected chi connectivity index (χ0v) is 19.5. The minimum Gasteiger partial charge on any atom is -0.505 e. The van der Waals surface area contributed by atoms with E-state index in [1.807, 2.05) is 26.8 Å². The molecule has 5 atom stereocenters. The van der Waals surface area contributed by atoms with E-state index in [4.69, 9.17) is 5.73 Å². The molecule has 34 heavy (non-hydrogen) atoms. The number of nitrogens with one attached hydrogen (secondary N) is 1. The monoisotopic (exact) mass is 470 g/mol. The van der Waals surface area contributed by atoms with E-state index in [1.54, 1.807) is 0 Å². The lowest BCUT2D eigenvalue weighted by Gasteiger charge is -2.48. The molecule has 5 N–H and O–H groups in total. The molecule has 2 unspecified atom stereocenters. The van der Waals surface area contributed by atoms with Crippen LogP contribution >= 0.6 is 0 Å². The van der Waals surface area contributed by atoms with Gasteiger partial charge >= 0.3 is 0 Å². The molecule has 0 saturated heterocycles. The highest BCUT2D eigenvalue weighted by atomic mass is 16.3. The predicted molar refractivity (Wildman–Crippen MR) is 121 cm³/mol. The van der Waals surface area contributed by atoms with E-state index in [9.17, 15) is 34.2 Å². The fraction of sp³-hybridized carbons (Fsp3) is 0.560. The Bertz CT molecular complexity index is 1120. The number of Topliss-reactive ketones (excluding diaryl/α,β-unsaturated/α-hetero) is 4. The second-order valence-corrected chi connectivity index (χ2v) is 10.2. The zero-order valence-electron chi connectivity index (χ0n) is 19.5. The Labute approximate surface area is 197 Å². The van der Waals surface area contributed by atoms with Gasteiger partial charge in [0.25, 0.3) is 0 Å². The number of aliphatic hydroxyl groups is 1. The number of primary amides is 1. The molecule has 1 amide bonds. The van der Waals surface area contributed by atoms with Crippen molar-refractivity contribution in [2.45, 2.75) is 52.1 Å². The van der Waals surface area contributed by atoms with E-state index in [1.165, 1.54) is 0 Å². The van der Waals surface area contributed by atoms with E-state index in [-0.39, 0.29) is 30.1 Å². The highest BCUT2D eigenvalue weighted by Crippen LogP contribution is 2.51. The zero-order chi connectivity index (χ0) is 25.1. The number of hydrogen-bond acceptors (Lipinski definition) is 8. The molecule has 1 aromatic carbocycles. The van der Waals surface area contributed by atoms with Crippen molar-refractivity contribution < 1.29 is 34.2 Å². The van der Waals surface area contributed by atoms with Crippen molar-refractivity contribution in [3.05, 3.63) is 22.8 Å². The Hall–Kier alpha value is -3.07. The van der Waals surface area contributed by atoms with Crippen molar-refractivity contribution in [3.8, 4) is 5.75 Å². The fourth-order valence-corrected chi connectivity index (χ4v) is 5.88. The van der Waals surface area contributed by atoms with E-state index < -0.39 is 58.3 Å². The van der Waals surface area contributed by atoms with Gasteiger partial charge in [0.15, 0.2) is 34.7 Å². The number of benzene rings is 1. The molecule has 1 aromatic rings. The number of ketones is 4. The Kier molecular flexibility index (Phi) is 5.88. The summed E-state index contributed by atoms with van der Waals surface area (Å²) in [5.74, 6) is -9.60. The van der Waals surface area contributed by atoms with Crippen LogP contribution in [0.1, 0.15) is 55.1 Å². The number of rotatable bonds is 5. The molecule has 2 saturated carbocycles. The van der Waals surface area contributed by atoms with Gasteiger partial charge in [-0.05, 0) is 48.3 Å². The van der Waals surface area contributed by atoms with Crippen LogP contribution in [0, 0.1) is 29.6 Å². The average molecular weight is 471 g/mol. The molecular weight excluding hydrogens is 440 g/mol. The molecule has 4 rings (SSSR count). The molecular formula is C25H30N2O7. The van der Waals surface area contributed by atoms with Gasteiger partial charge in [-0.25, -0.2) is 0 Å². The number of phenols is 1.